The highest BCUT2D eigenvalue weighted by atomic mass is 79.9. The highest BCUT2D eigenvalue weighted by molar-refractivity contribution is 9.10. The number of nitrogens with zero attached hydrogens (tertiary/aromatic N) is 2. The summed E-state index contributed by atoms with van der Waals surface area (Å²) in [6, 6.07) is 5.64. The molecule has 0 saturated carbocycles. The molecule has 0 radical (unpaired) electrons. The summed E-state index contributed by atoms with van der Waals surface area (Å²) in [5, 5.41) is 0. The fraction of sp³-hybridized carbons (Fsp3) is 0.667. The van der Waals surface area contributed by atoms with Gasteiger partial charge in [-0.3, -0.25) is 0 Å². The van der Waals surface area contributed by atoms with E-state index in [1.807, 2.05) is 43.9 Å². The number of ether oxygens (including phenoxy) is 2. The van der Waals surface area contributed by atoms with Gasteiger partial charge in [-0.2, -0.15) is 0 Å². The summed E-state index contributed by atoms with van der Waals surface area (Å²) in [4.78, 5) is 18.3. The van der Waals surface area contributed by atoms with Crippen LogP contribution < -0.4 is 4.74 Å². The molecule has 1 atom stereocenters. The number of hydrogen-bond acceptors (Lipinski definition) is 4. The van der Waals surface area contributed by atoms with Gasteiger partial charge < -0.3 is 14.4 Å². The van der Waals surface area contributed by atoms with E-state index in [1.54, 1.807) is 0 Å². The van der Waals surface area contributed by atoms with Crippen LogP contribution in [-0.2, 0) is 4.74 Å². The van der Waals surface area contributed by atoms with Gasteiger partial charge in [0.1, 0.15) is 10.2 Å². The molecule has 1 aliphatic rings. The van der Waals surface area contributed by atoms with E-state index >= 15 is 0 Å². The Morgan fingerprint density at radius 2 is 2.21 bits per heavy atom. The van der Waals surface area contributed by atoms with Gasteiger partial charge in [-0.25, -0.2) is 9.78 Å². The van der Waals surface area contributed by atoms with Gasteiger partial charge >= 0.3 is 6.09 Å². The van der Waals surface area contributed by atoms with Crippen LogP contribution in [0.5, 0.6) is 5.88 Å². The van der Waals surface area contributed by atoms with Crippen LogP contribution in [-0.4, -0.2) is 41.3 Å². The van der Waals surface area contributed by atoms with E-state index in [-0.39, 0.29) is 6.09 Å². The summed E-state index contributed by atoms with van der Waals surface area (Å²) in [6.45, 7) is 7.93. The molecule has 5 nitrogen and oxygen atoms in total. The zero-order valence-corrected chi connectivity index (χ0v) is 16.3. The Balaban J connectivity index is 1.70. The van der Waals surface area contributed by atoms with E-state index < -0.39 is 5.60 Å². The molecular weight excluding hydrogens is 372 g/mol. The Morgan fingerprint density at radius 3 is 2.92 bits per heavy atom. The molecule has 6 heteroatoms. The maximum absolute atomic E-state index is 12.2. The highest BCUT2D eigenvalue weighted by Gasteiger charge is 2.27. The van der Waals surface area contributed by atoms with Crippen LogP contribution in [0.25, 0.3) is 0 Å². The molecule has 2 rings (SSSR count). The number of rotatable bonds is 5. The monoisotopic (exact) mass is 398 g/mol. The first-order valence-corrected chi connectivity index (χ1v) is 9.36. The van der Waals surface area contributed by atoms with Crippen molar-refractivity contribution >= 4 is 22.0 Å². The molecular formula is C18H27BrN2O3. The minimum absolute atomic E-state index is 0.193. The number of amides is 1. The molecule has 1 amide bonds. The molecule has 0 aliphatic carbocycles. The van der Waals surface area contributed by atoms with Gasteiger partial charge in [0.05, 0.1) is 6.61 Å². The van der Waals surface area contributed by atoms with Crippen molar-refractivity contribution in [3.63, 3.8) is 0 Å². The van der Waals surface area contributed by atoms with Crippen molar-refractivity contribution in [3.05, 3.63) is 22.8 Å². The molecule has 1 fully saturated rings. The fourth-order valence-electron chi connectivity index (χ4n) is 2.81. The molecule has 0 aromatic carbocycles. The average Bonchev–Trinajstić information content (AvgIpc) is 2.50. The van der Waals surface area contributed by atoms with E-state index in [2.05, 4.69) is 20.9 Å². The van der Waals surface area contributed by atoms with Gasteiger partial charge in [0.15, 0.2) is 0 Å². The molecule has 0 N–H and O–H groups in total. The second-order valence-electron chi connectivity index (χ2n) is 7.22. The zero-order valence-electron chi connectivity index (χ0n) is 14.8. The third kappa shape index (κ3) is 6.67. The molecule has 2 heterocycles. The molecule has 134 valence electrons. The zero-order chi connectivity index (χ0) is 17.6. The number of piperidine rings is 1. The number of likely N-dealkylation sites (tertiary alicyclic amines) is 1. The molecule has 0 spiro atoms. The van der Waals surface area contributed by atoms with Gasteiger partial charge in [-0.15, -0.1) is 0 Å². The Labute approximate surface area is 152 Å². The lowest BCUT2D eigenvalue weighted by molar-refractivity contribution is 0.0159. The number of pyridine rings is 1. The van der Waals surface area contributed by atoms with Gasteiger partial charge in [0.2, 0.25) is 5.88 Å². The van der Waals surface area contributed by atoms with Crippen LogP contribution >= 0.6 is 15.9 Å². The predicted molar refractivity (Wildman–Crippen MR) is 97.2 cm³/mol. The maximum Gasteiger partial charge on any atom is 0.410 e. The van der Waals surface area contributed by atoms with Gasteiger partial charge in [0, 0.05) is 19.2 Å². The molecule has 1 aliphatic heterocycles. The van der Waals surface area contributed by atoms with Crippen molar-refractivity contribution in [1.29, 1.82) is 0 Å². The minimum Gasteiger partial charge on any atom is -0.478 e. The second kappa shape index (κ2) is 8.70. The lowest BCUT2D eigenvalue weighted by atomic mass is 9.94. The molecule has 1 saturated heterocycles. The van der Waals surface area contributed by atoms with E-state index in [0.717, 1.165) is 43.4 Å². The largest absolute Gasteiger partial charge is 0.478 e. The van der Waals surface area contributed by atoms with Crippen LogP contribution in [0.3, 0.4) is 0 Å². The average molecular weight is 399 g/mol. The highest BCUT2D eigenvalue weighted by Crippen LogP contribution is 2.23. The van der Waals surface area contributed by atoms with Crippen molar-refractivity contribution in [2.24, 2.45) is 5.92 Å². The number of aromatic nitrogens is 1. The Morgan fingerprint density at radius 1 is 1.42 bits per heavy atom. The summed E-state index contributed by atoms with van der Waals surface area (Å²) < 4.78 is 11.9. The first-order valence-electron chi connectivity index (χ1n) is 8.57. The van der Waals surface area contributed by atoms with Crippen LogP contribution in [0.1, 0.15) is 46.5 Å². The molecule has 0 unspecified atom stereocenters. The first kappa shape index (κ1) is 19.0. The summed E-state index contributed by atoms with van der Waals surface area (Å²) in [5.41, 5.74) is -0.436. The lowest BCUT2D eigenvalue weighted by Crippen LogP contribution is -2.42. The SMILES string of the molecule is CC(C)(C)OC(=O)N1CCC[C@@H](CCCOc2cccc(Br)n2)C1. The molecule has 24 heavy (non-hydrogen) atoms. The molecule has 0 bridgehead atoms. The van der Waals surface area contributed by atoms with Crippen LogP contribution in [0.2, 0.25) is 0 Å². The summed E-state index contributed by atoms with van der Waals surface area (Å²) >= 11 is 3.33. The predicted octanol–water partition coefficient (Wildman–Crippen LogP) is 4.65. The van der Waals surface area contributed by atoms with E-state index in [4.69, 9.17) is 9.47 Å². The maximum atomic E-state index is 12.2. The van der Waals surface area contributed by atoms with E-state index in [1.165, 1.54) is 0 Å². The topological polar surface area (TPSA) is 51.7 Å². The lowest BCUT2D eigenvalue weighted by Gasteiger charge is -2.34. The van der Waals surface area contributed by atoms with Crippen LogP contribution in [0, 0.1) is 5.92 Å². The number of carbonyl (C=O) groups is 1. The third-order valence-corrected chi connectivity index (χ3v) is 4.31. The van der Waals surface area contributed by atoms with E-state index in [0.29, 0.717) is 18.4 Å². The second-order valence-corrected chi connectivity index (χ2v) is 8.04. The Kier molecular flexibility index (Phi) is 6.90. The van der Waals surface area contributed by atoms with Gasteiger partial charge in [-0.1, -0.05) is 6.07 Å². The third-order valence-electron chi connectivity index (χ3n) is 3.87. The number of carbonyl (C=O) groups excluding carboxylic acids is 1. The first-order chi connectivity index (χ1) is 11.3. The quantitative estimate of drug-likeness (QED) is 0.534. The summed E-state index contributed by atoms with van der Waals surface area (Å²) in [5.74, 6) is 1.16. The van der Waals surface area contributed by atoms with Crippen molar-refractivity contribution in [3.8, 4) is 5.88 Å². The fourth-order valence-corrected chi connectivity index (χ4v) is 3.14. The van der Waals surface area contributed by atoms with Crippen LogP contribution in [0.15, 0.2) is 22.8 Å². The number of hydrogen-bond donors (Lipinski definition) is 0. The summed E-state index contributed by atoms with van der Waals surface area (Å²) in [7, 11) is 0. The van der Waals surface area contributed by atoms with Crippen LogP contribution in [0.4, 0.5) is 4.79 Å². The van der Waals surface area contributed by atoms with Crippen molar-refractivity contribution < 1.29 is 14.3 Å². The van der Waals surface area contributed by atoms with Gasteiger partial charge in [0.25, 0.3) is 0 Å². The minimum atomic E-state index is -0.436. The van der Waals surface area contributed by atoms with E-state index in [9.17, 15) is 4.79 Å². The number of halogens is 1. The Bertz CT molecular complexity index is 545. The van der Waals surface area contributed by atoms with Crippen molar-refractivity contribution in [1.82, 2.24) is 9.88 Å². The van der Waals surface area contributed by atoms with Gasteiger partial charge in [-0.05, 0) is 74.4 Å². The standard InChI is InChI=1S/C18H27BrN2O3/c1-18(2,3)24-17(22)21-11-5-7-14(13-21)8-6-12-23-16-10-4-9-15(19)20-16/h4,9-10,14H,5-8,11-13H2,1-3H3/t14-/m0/s1. The smallest absolute Gasteiger partial charge is 0.410 e. The molecule has 1 aromatic rings. The Hall–Kier alpha value is -1.30. The van der Waals surface area contributed by atoms with Crippen molar-refractivity contribution in [2.75, 3.05) is 19.7 Å². The van der Waals surface area contributed by atoms with Crippen molar-refractivity contribution in [2.45, 2.75) is 52.1 Å². The molecule has 1 aromatic heterocycles. The summed E-state index contributed by atoms with van der Waals surface area (Å²) in [6.07, 6.45) is 4.02. The normalized spacial score (nSPS) is 18.3.